The lowest BCUT2D eigenvalue weighted by Gasteiger charge is -2.08. The lowest BCUT2D eigenvalue weighted by molar-refractivity contribution is -0.125. The van der Waals surface area contributed by atoms with Crippen LogP contribution in [0.15, 0.2) is 41.8 Å². The molecular formula is C20H20Cl2N6O2. The van der Waals surface area contributed by atoms with Crippen molar-refractivity contribution in [3.8, 4) is 0 Å². The van der Waals surface area contributed by atoms with Gasteiger partial charge in [-0.15, -0.1) is 0 Å². The standard InChI is InChI=1S/C20H20Cl2N6O2/c1-3-27-10-14(12(2)24-27)17-8-18(30-26-17)20(29)23-19-16(22)11-28(25-19)9-13-6-4-5-7-15(13)21/h4-7,10-11,18H,3,8-9H2,1-2H3,(H,23,25,29). The van der Waals surface area contributed by atoms with Crippen LogP contribution in [-0.2, 0) is 22.7 Å². The Morgan fingerprint density at radius 2 is 2.00 bits per heavy atom. The van der Waals surface area contributed by atoms with Crippen molar-refractivity contribution in [3.05, 3.63) is 63.5 Å². The molecule has 2 aromatic heterocycles. The zero-order valence-corrected chi connectivity index (χ0v) is 18.0. The van der Waals surface area contributed by atoms with E-state index < -0.39 is 6.10 Å². The summed E-state index contributed by atoms with van der Waals surface area (Å²) in [5.41, 5.74) is 3.33. The van der Waals surface area contributed by atoms with Gasteiger partial charge in [-0.05, 0) is 25.5 Å². The Hall–Kier alpha value is -2.84. The van der Waals surface area contributed by atoms with Gasteiger partial charge in [0.25, 0.3) is 5.91 Å². The molecule has 0 radical (unpaired) electrons. The molecule has 0 fully saturated rings. The molecular weight excluding hydrogens is 427 g/mol. The van der Waals surface area contributed by atoms with Crippen LogP contribution in [0.4, 0.5) is 5.82 Å². The second-order valence-corrected chi connectivity index (χ2v) is 7.74. The molecule has 0 spiro atoms. The maximum Gasteiger partial charge on any atom is 0.269 e. The van der Waals surface area contributed by atoms with E-state index in [1.165, 1.54) is 0 Å². The highest BCUT2D eigenvalue weighted by molar-refractivity contribution is 6.33. The Kier molecular flexibility index (Phi) is 5.78. The van der Waals surface area contributed by atoms with Gasteiger partial charge in [-0.3, -0.25) is 14.2 Å². The molecule has 30 heavy (non-hydrogen) atoms. The summed E-state index contributed by atoms with van der Waals surface area (Å²) in [6, 6.07) is 7.48. The second-order valence-electron chi connectivity index (χ2n) is 6.92. The van der Waals surface area contributed by atoms with E-state index >= 15 is 0 Å². The molecule has 3 heterocycles. The van der Waals surface area contributed by atoms with E-state index in [1.807, 2.05) is 49.0 Å². The number of benzene rings is 1. The van der Waals surface area contributed by atoms with Gasteiger partial charge >= 0.3 is 0 Å². The van der Waals surface area contributed by atoms with E-state index in [1.54, 1.807) is 10.9 Å². The second kappa shape index (κ2) is 8.49. The Bertz CT molecular complexity index is 1120. The molecule has 0 saturated heterocycles. The first kappa shape index (κ1) is 20.4. The van der Waals surface area contributed by atoms with Gasteiger partial charge in [-0.25, -0.2) is 0 Å². The third-order valence-corrected chi connectivity index (χ3v) is 5.44. The van der Waals surface area contributed by atoms with Crippen LogP contribution >= 0.6 is 23.2 Å². The highest BCUT2D eigenvalue weighted by Crippen LogP contribution is 2.24. The molecule has 1 unspecified atom stereocenters. The average molecular weight is 447 g/mol. The smallest absolute Gasteiger partial charge is 0.269 e. The molecule has 0 aliphatic carbocycles. The number of hydrogen-bond donors (Lipinski definition) is 1. The minimum absolute atomic E-state index is 0.265. The minimum Gasteiger partial charge on any atom is -0.382 e. The maximum atomic E-state index is 12.7. The lowest BCUT2D eigenvalue weighted by Crippen LogP contribution is -2.28. The predicted octanol–water partition coefficient (Wildman–Crippen LogP) is 3.89. The van der Waals surface area contributed by atoms with Crippen LogP contribution in [0, 0.1) is 6.92 Å². The van der Waals surface area contributed by atoms with E-state index in [9.17, 15) is 4.79 Å². The molecule has 1 amide bonds. The fourth-order valence-corrected chi connectivity index (χ4v) is 3.59. The van der Waals surface area contributed by atoms with Crippen LogP contribution < -0.4 is 5.32 Å². The summed E-state index contributed by atoms with van der Waals surface area (Å²) in [7, 11) is 0. The van der Waals surface area contributed by atoms with Crippen molar-refractivity contribution in [2.45, 2.75) is 39.5 Å². The van der Waals surface area contributed by atoms with Gasteiger partial charge in [0.05, 0.1) is 18.0 Å². The SMILES string of the molecule is CCn1cc(C2=NOC(C(=O)Nc3nn(Cc4ccccc4Cl)cc3Cl)C2)c(C)n1. The Labute approximate surface area is 183 Å². The molecule has 10 heteroatoms. The van der Waals surface area contributed by atoms with Crippen LogP contribution in [0.25, 0.3) is 0 Å². The topological polar surface area (TPSA) is 86.3 Å². The molecule has 3 aromatic rings. The minimum atomic E-state index is -0.755. The van der Waals surface area contributed by atoms with E-state index in [4.69, 9.17) is 28.0 Å². The van der Waals surface area contributed by atoms with Crippen molar-refractivity contribution in [3.63, 3.8) is 0 Å². The number of carbonyl (C=O) groups is 1. The zero-order chi connectivity index (χ0) is 21.3. The van der Waals surface area contributed by atoms with Crippen molar-refractivity contribution in [2.24, 2.45) is 5.16 Å². The maximum absolute atomic E-state index is 12.7. The van der Waals surface area contributed by atoms with Gasteiger partial charge in [-0.2, -0.15) is 10.2 Å². The predicted molar refractivity (Wildman–Crippen MR) is 115 cm³/mol. The summed E-state index contributed by atoms with van der Waals surface area (Å²) in [6.45, 7) is 5.11. The van der Waals surface area contributed by atoms with Crippen molar-refractivity contribution < 1.29 is 9.63 Å². The number of aryl methyl sites for hydroxylation is 2. The number of carbonyl (C=O) groups excluding carboxylic acids is 1. The number of nitrogens with zero attached hydrogens (tertiary/aromatic N) is 5. The van der Waals surface area contributed by atoms with Crippen LogP contribution in [0.1, 0.15) is 30.2 Å². The van der Waals surface area contributed by atoms with Gasteiger partial charge in [0.1, 0.15) is 5.02 Å². The fraction of sp³-hybridized carbons (Fsp3) is 0.300. The number of halogens is 2. The van der Waals surface area contributed by atoms with Gasteiger partial charge in [0.2, 0.25) is 6.10 Å². The first-order valence-electron chi connectivity index (χ1n) is 9.49. The van der Waals surface area contributed by atoms with E-state index in [2.05, 4.69) is 20.7 Å². The van der Waals surface area contributed by atoms with Crippen molar-refractivity contribution in [1.82, 2.24) is 19.6 Å². The highest BCUT2D eigenvalue weighted by Gasteiger charge is 2.31. The van der Waals surface area contributed by atoms with Gasteiger partial charge < -0.3 is 10.2 Å². The number of hydrogen-bond acceptors (Lipinski definition) is 5. The van der Waals surface area contributed by atoms with Gasteiger partial charge in [0.15, 0.2) is 5.82 Å². The Morgan fingerprint density at radius 3 is 2.73 bits per heavy atom. The molecule has 0 bridgehead atoms. The number of anilines is 1. The van der Waals surface area contributed by atoms with Crippen molar-refractivity contribution in [2.75, 3.05) is 5.32 Å². The van der Waals surface area contributed by atoms with E-state index in [-0.39, 0.29) is 11.7 Å². The quantitative estimate of drug-likeness (QED) is 0.621. The average Bonchev–Trinajstić information content (AvgIpc) is 3.43. The summed E-state index contributed by atoms with van der Waals surface area (Å²) in [6.07, 6.45) is 3.14. The van der Waals surface area contributed by atoms with Crippen LogP contribution in [-0.4, -0.2) is 37.3 Å². The number of oxime groups is 1. The molecule has 8 nitrogen and oxygen atoms in total. The van der Waals surface area contributed by atoms with Crippen molar-refractivity contribution >= 4 is 40.6 Å². The van der Waals surface area contributed by atoms with Crippen LogP contribution in [0.3, 0.4) is 0 Å². The van der Waals surface area contributed by atoms with E-state index in [0.29, 0.717) is 28.7 Å². The third-order valence-electron chi connectivity index (χ3n) is 4.79. The van der Waals surface area contributed by atoms with Gasteiger partial charge in [0, 0.05) is 35.9 Å². The first-order valence-corrected chi connectivity index (χ1v) is 10.2. The number of rotatable bonds is 6. The molecule has 1 aliphatic rings. The monoisotopic (exact) mass is 446 g/mol. The zero-order valence-electron chi connectivity index (χ0n) is 16.5. The highest BCUT2D eigenvalue weighted by atomic mass is 35.5. The largest absolute Gasteiger partial charge is 0.382 e. The molecule has 1 atom stereocenters. The third kappa shape index (κ3) is 4.20. The number of amides is 1. The molecule has 1 aliphatic heterocycles. The molecule has 1 aromatic carbocycles. The summed E-state index contributed by atoms with van der Waals surface area (Å²) in [4.78, 5) is 18.0. The van der Waals surface area contributed by atoms with Crippen molar-refractivity contribution in [1.29, 1.82) is 0 Å². The molecule has 1 N–H and O–H groups in total. The number of aromatic nitrogens is 4. The summed E-state index contributed by atoms with van der Waals surface area (Å²) in [5.74, 6) is -0.0973. The number of nitrogens with one attached hydrogen (secondary N) is 1. The van der Waals surface area contributed by atoms with Gasteiger partial charge in [-0.1, -0.05) is 46.6 Å². The lowest BCUT2D eigenvalue weighted by atomic mass is 10.1. The molecule has 0 saturated carbocycles. The fourth-order valence-electron chi connectivity index (χ4n) is 3.20. The first-order chi connectivity index (χ1) is 14.4. The van der Waals surface area contributed by atoms with Crippen LogP contribution in [0.2, 0.25) is 10.0 Å². The summed E-state index contributed by atoms with van der Waals surface area (Å²) >= 11 is 12.5. The summed E-state index contributed by atoms with van der Waals surface area (Å²) in [5, 5.41) is 16.5. The molecule has 4 rings (SSSR count). The Morgan fingerprint density at radius 1 is 1.20 bits per heavy atom. The normalized spacial score (nSPS) is 15.7. The molecule has 156 valence electrons. The Balaban J connectivity index is 1.41. The summed E-state index contributed by atoms with van der Waals surface area (Å²) < 4.78 is 3.45. The van der Waals surface area contributed by atoms with E-state index in [0.717, 1.165) is 23.4 Å². The van der Waals surface area contributed by atoms with Crippen LogP contribution in [0.5, 0.6) is 0 Å².